The predicted molar refractivity (Wildman–Crippen MR) is 40.0 cm³/mol. The zero-order valence-corrected chi connectivity index (χ0v) is 6.03. The number of carbonyl (C=O) groups is 1. The van der Waals surface area contributed by atoms with Crippen LogP contribution in [0.1, 0.15) is 11.5 Å². The number of aliphatic carboxylic acids is 1. The monoisotopic (exact) mass is 152 g/mol. The van der Waals surface area contributed by atoms with E-state index >= 15 is 0 Å². The van der Waals surface area contributed by atoms with E-state index in [1.165, 1.54) is 6.08 Å². The Labute approximate surface area is 63.6 Å². The molecule has 58 valence electrons. The lowest BCUT2D eigenvalue weighted by Crippen LogP contribution is -1.85. The molecule has 0 aliphatic heterocycles. The molecule has 0 aliphatic rings. The Morgan fingerprint density at radius 2 is 2.55 bits per heavy atom. The van der Waals surface area contributed by atoms with Crippen LogP contribution in [0.25, 0.3) is 6.08 Å². The molecule has 0 spiro atoms. The maximum atomic E-state index is 10.1. The van der Waals surface area contributed by atoms with Gasteiger partial charge in [-0.25, -0.2) is 9.78 Å². The van der Waals surface area contributed by atoms with Crippen LogP contribution in [-0.4, -0.2) is 21.0 Å². The number of rotatable bonds is 2. The van der Waals surface area contributed by atoms with Crippen molar-refractivity contribution >= 4 is 12.0 Å². The van der Waals surface area contributed by atoms with Crippen LogP contribution in [0.15, 0.2) is 12.3 Å². The molecular formula is C7H8N2O2. The van der Waals surface area contributed by atoms with Crippen molar-refractivity contribution in [2.24, 2.45) is 0 Å². The maximum Gasteiger partial charge on any atom is 0.328 e. The number of nitrogens with one attached hydrogen (secondary N) is 1. The second-order valence-electron chi connectivity index (χ2n) is 2.10. The van der Waals surface area contributed by atoms with Crippen LogP contribution in [0, 0.1) is 6.92 Å². The minimum Gasteiger partial charge on any atom is -0.478 e. The fourth-order valence-corrected chi connectivity index (χ4v) is 0.686. The van der Waals surface area contributed by atoms with Crippen molar-refractivity contribution in [3.63, 3.8) is 0 Å². The molecule has 0 atom stereocenters. The summed E-state index contributed by atoms with van der Waals surface area (Å²) in [6.45, 7) is 1.80. The fourth-order valence-electron chi connectivity index (χ4n) is 0.686. The first-order chi connectivity index (χ1) is 5.18. The van der Waals surface area contributed by atoms with E-state index in [0.717, 1.165) is 11.9 Å². The molecule has 0 bridgehead atoms. The third-order valence-corrected chi connectivity index (χ3v) is 1.13. The summed E-state index contributed by atoms with van der Waals surface area (Å²) in [5.41, 5.74) is 0.699. The smallest absolute Gasteiger partial charge is 0.328 e. The fraction of sp³-hybridized carbons (Fsp3) is 0.143. The molecule has 1 heterocycles. The second-order valence-corrected chi connectivity index (χ2v) is 2.10. The highest BCUT2D eigenvalue weighted by Crippen LogP contribution is 1.97. The first-order valence-corrected chi connectivity index (χ1v) is 3.11. The van der Waals surface area contributed by atoms with Crippen LogP contribution in [-0.2, 0) is 4.79 Å². The van der Waals surface area contributed by atoms with Crippen molar-refractivity contribution in [3.05, 3.63) is 23.8 Å². The van der Waals surface area contributed by atoms with Gasteiger partial charge in [0.2, 0.25) is 0 Å². The lowest BCUT2D eigenvalue weighted by atomic mass is 10.4. The first kappa shape index (κ1) is 7.53. The minimum atomic E-state index is -0.961. The average Bonchev–Trinajstić information content (AvgIpc) is 2.31. The lowest BCUT2D eigenvalue weighted by Gasteiger charge is -1.81. The number of hydrogen-bond acceptors (Lipinski definition) is 2. The molecule has 0 saturated carbocycles. The van der Waals surface area contributed by atoms with Gasteiger partial charge >= 0.3 is 5.97 Å². The molecule has 4 nitrogen and oxygen atoms in total. The van der Waals surface area contributed by atoms with E-state index in [4.69, 9.17) is 5.11 Å². The molecule has 0 amide bonds. The molecule has 1 rings (SSSR count). The zero-order chi connectivity index (χ0) is 8.27. The normalized spacial score (nSPS) is 10.6. The lowest BCUT2D eigenvalue weighted by molar-refractivity contribution is -0.131. The summed E-state index contributed by atoms with van der Waals surface area (Å²) >= 11 is 0. The number of carboxylic acids is 1. The van der Waals surface area contributed by atoms with Crippen molar-refractivity contribution in [2.75, 3.05) is 0 Å². The van der Waals surface area contributed by atoms with Gasteiger partial charge in [-0.2, -0.15) is 0 Å². The minimum absolute atomic E-state index is 0.699. The molecule has 0 aromatic carbocycles. The summed E-state index contributed by atoms with van der Waals surface area (Å²) in [5, 5.41) is 8.26. The molecule has 0 radical (unpaired) electrons. The Morgan fingerprint density at radius 3 is 3.00 bits per heavy atom. The molecule has 2 N–H and O–H groups in total. The molecule has 11 heavy (non-hydrogen) atoms. The molecule has 0 aliphatic carbocycles. The van der Waals surface area contributed by atoms with Gasteiger partial charge in [0.1, 0.15) is 5.82 Å². The van der Waals surface area contributed by atoms with Crippen molar-refractivity contribution in [3.8, 4) is 0 Å². The first-order valence-electron chi connectivity index (χ1n) is 3.11. The van der Waals surface area contributed by atoms with Gasteiger partial charge in [0, 0.05) is 6.08 Å². The summed E-state index contributed by atoms with van der Waals surface area (Å²) in [4.78, 5) is 16.8. The molecule has 1 aromatic heterocycles. The Balaban J connectivity index is 2.71. The van der Waals surface area contributed by atoms with Gasteiger partial charge in [-0.05, 0) is 13.0 Å². The highest BCUT2D eigenvalue weighted by Gasteiger charge is 1.91. The Morgan fingerprint density at radius 1 is 1.82 bits per heavy atom. The molecule has 0 fully saturated rings. The van der Waals surface area contributed by atoms with E-state index < -0.39 is 5.97 Å². The van der Waals surface area contributed by atoms with Crippen molar-refractivity contribution in [1.29, 1.82) is 0 Å². The van der Waals surface area contributed by atoms with Gasteiger partial charge in [0.25, 0.3) is 0 Å². The average molecular weight is 152 g/mol. The second kappa shape index (κ2) is 3.01. The van der Waals surface area contributed by atoms with Gasteiger partial charge in [0.15, 0.2) is 0 Å². The van der Waals surface area contributed by atoms with E-state index in [-0.39, 0.29) is 0 Å². The highest BCUT2D eigenvalue weighted by molar-refractivity contribution is 5.84. The summed E-state index contributed by atoms with van der Waals surface area (Å²) in [5.74, 6) is -0.188. The van der Waals surface area contributed by atoms with Crippen molar-refractivity contribution in [2.45, 2.75) is 6.92 Å². The van der Waals surface area contributed by atoms with Crippen molar-refractivity contribution in [1.82, 2.24) is 9.97 Å². The highest BCUT2D eigenvalue weighted by atomic mass is 16.4. The molecule has 0 saturated heterocycles. The maximum absolute atomic E-state index is 10.1. The van der Waals surface area contributed by atoms with Gasteiger partial charge < -0.3 is 10.1 Å². The largest absolute Gasteiger partial charge is 0.478 e. The summed E-state index contributed by atoms with van der Waals surface area (Å²) in [6.07, 6.45) is 4.10. The molecule has 0 unspecified atom stereocenters. The number of hydrogen-bond donors (Lipinski definition) is 2. The Hall–Kier alpha value is -1.58. The number of carboxylic acid groups (broad SMARTS) is 1. The van der Waals surface area contributed by atoms with E-state index in [0.29, 0.717) is 5.69 Å². The molecule has 4 heteroatoms. The van der Waals surface area contributed by atoms with E-state index in [1.807, 2.05) is 0 Å². The number of imidazole rings is 1. The summed E-state index contributed by atoms with van der Waals surface area (Å²) in [6, 6.07) is 0. The zero-order valence-electron chi connectivity index (χ0n) is 6.03. The van der Waals surface area contributed by atoms with Crippen LogP contribution in [0.3, 0.4) is 0 Å². The third kappa shape index (κ3) is 2.25. The predicted octanol–water partition coefficient (Wildman–Crippen LogP) is 0.816. The number of nitrogens with zero attached hydrogens (tertiary/aromatic N) is 1. The van der Waals surface area contributed by atoms with E-state index in [2.05, 4.69) is 9.97 Å². The Kier molecular flexibility index (Phi) is 2.06. The Bertz CT molecular complexity index is 288. The van der Waals surface area contributed by atoms with Crippen molar-refractivity contribution < 1.29 is 9.90 Å². The van der Waals surface area contributed by atoms with E-state index in [1.54, 1.807) is 13.1 Å². The van der Waals surface area contributed by atoms with Gasteiger partial charge in [-0.1, -0.05) is 0 Å². The number of H-pyrrole nitrogens is 1. The van der Waals surface area contributed by atoms with Crippen LogP contribution in [0.5, 0.6) is 0 Å². The topological polar surface area (TPSA) is 66.0 Å². The molecular weight excluding hydrogens is 144 g/mol. The van der Waals surface area contributed by atoms with Crippen LogP contribution in [0.2, 0.25) is 0 Å². The van der Waals surface area contributed by atoms with Crippen LogP contribution < -0.4 is 0 Å². The number of aryl methyl sites for hydroxylation is 1. The van der Waals surface area contributed by atoms with Gasteiger partial charge in [-0.3, -0.25) is 0 Å². The summed E-state index contributed by atoms with van der Waals surface area (Å²) in [7, 11) is 0. The standard InChI is InChI=1S/C7H8N2O2/c1-5-8-4-6(9-5)2-3-7(10)11/h2-4H,1H3,(H,8,9)(H,10,11)/b3-2+. The quantitative estimate of drug-likeness (QED) is 0.616. The summed E-state index contributed by atoms with van der Waals surface area (Å²) < 4.78 is 0. The van der Waals surface area contributed by atoms with Crippen LogP contribution >= 0.6 is 0 Å². The third-order valence-electron chi connectivity index (χ3n) is 1.13. The van der Waals surface area contributed by atoms with Gasteiger partial charge in [0.05, 0.1) is 11.9 Å². The number of aromatic amines is 1. The van der Waals surface area contributed by atoms with Gasteiger partial charge in [-0.15, -0.1) is 0 Å². The SMILES string of the molecule is Cc1ncc(/C=C/C(=O)O)[nH]1. The number of aromatic nitrogens is 2. The van der Waals surface area contributed by atoms with E-state index in [9.17, 15) is 4.79 Å². The molecule has 1 aromatic rings. The van der Waals surface area contributed by atoms with Crippen LogP contribution in [0.4, 0.5) is 0 Å².